The molecule has 0 aliphatic carbocycles. The third-order valence-electron chi connectivity index (χ3n) is 2.93. The lowest BCUT2D eigenvalue weighted by molar-refractivity contribution is 0.103. The smallest absolute Gasteiger partial charge is 0.198 e. The molecule has 90 valence electrons. The van der Waals surface area contributed by atoms with E-state index >= 15 is 0 Å². The molecule has 0 saturated heterocycles. The van der Waals surface area contributed by atoms with Gasteiger partial charge in [-0.2, -0.15) is 0 Å². The Labute approximate surface area is 103 Å². The Hall–Kier alpha value is -2.23. The number of hydrogen-bond donors (Lipinski definition) is 0. The number of ether oxygens (including phenoxy) is 1. The molecule has 0 spiro atoms. The first-order valence-corrected chi connectivity index (χ1v) is 5.65. The van der Waals surface area contributed by atoms with E-state index in [1.807, 2.05) is 12.1 Å². The minimum atomic E-state index is -0.519. The van der Waals surface area contributed by atoms with Crippen molar-refractivity contribution >= 4 is 5.78 Å². The quantitative estimate of drug-likeness (QED) is 0.760. The Kier molecular flexibility index (Phi) is 2.55. The van der Waals surface area contributed by atoms with Crippen molar-refractivity contribution in [2.45, 2.75) is 6.42 Å². The molecule has 1 aromatic heterocycles. The van der Waals surface area contributed by atoms with Gasteiger partial charge in [-0.1, -0.05) is 12.1 Å². The van der Waals surface area contributed by atoms with E-state index in [1.165, 1.54) is 12.3 Å². The molecular weight excluding hydrogens is 233 g/mol. The maximum Gasteiger partial charge on any atom is 0.198 e. The highest BCUT2D eigenvalue weighted by atomic mass is 19.1. The predicted molar refractivity (Wildman–Crippen MR) is 63.3 cm³/mol. The number of aromatic nitrogens is 1. The van der Waals surface area contributed by atoms with E-state index in [9.17, 15) is 9.18 Å². The summed E-state index contributed by atoms with van der Waals surface area (Å²) < 4.78 is 18.5. The van der Waals surface area contributed by atoms with Crippen molar-refractivity contribution in [2.75, 3.05) is 6.61 Å². The molecule has 2 heterocycles. The molecule has 18 heavy (non-hydrogen) atoms. The molecule has 0 radical (unpaired) electrons. The number of rotatable bonds is 2. The van der Waals surface area contributed by atoms with E-state index in [2.05, 4.69) is 4.98 Å². The minimum absolute atomic E-state index is 0.235. The van der Waals surface area contributed by atoms with Crippen molar-refractivity contribution in [3.63, 3.8) is 0 Å². The van der Waals surface area contributed by atoms with Crippen LogP contribution in [-0.2, 0) is 6.42 Å². The Bertz CT molecular complexity index is 625. The Morgan fingerprint density at radius 2 is 2.22 bits per heavy atom. The number of hydrogen-bond acceptors (Lipinski definition) is 3. The fraction of sp³-hybridized carbons (Fsp3) is 0.143. The monoisotopic (exact) mass is 243 g/mol. The first kappa shape index (κ1) is 10.9. The number of nitrogens with zero attached hydrogens (tertiary/aromatic N) is 1. The van der Waals surface area contributed by atoms with E-state index in [-0.39, 0.29) is 11.3 Å². The fourth-order valence-electron chi connectivity index (χ4n) is 2.09. The van der Waals surface area contributed by atoms with Crippen LogP contribution in [0.25, 0.3) is 0 Å². The van der Waals surface area contributed by atoms with Gasteiger partial charge in [0.1, 0.15) is 11.6 Å². The van der Waals surface area contributed by atoms with Gasteiger partial charge in [-0.3, -0.25) is 9.78 Å². The predicted octanol–water partition coefficient (Wildman–Crippen LogP) is 2.39. The van der Waals surface area contributed by atoms with E-state index in [0.29, 0.717) is 17.9 Å². The van der Waals surface area contributed by atoms with Crippen molar-refractivity contribution in [1.82, 2.24) is 4.98 Å². The molecule has 1 aliphatic rings. The molecule has 4 heteroatoms. The van der Waals surface area contributed by atoms with Gasteiger partial charge in [0.15, 0.2) is 5.78 Å². The molecule has 0 N–H and O–H groups in total. The summed E-state index contributed by atoms with van der Waals surface area (Å²) in [6.07, 6.45) is 3.24. The zero-order chi connectivity index (χ0) is 12.5. The number of fused-ring (bicyclic) bond motifs is 1. The van der Waals surface area contributed by atoms with Crippen molar-refractivity contribution in [3.8, 4) is 5.75 Å². The van der Waals surface area contributed by atoms with Crippen molar-refractivity contribution < 1.29 is 13.9 Å². The molecule has 0 unspecified atom stereocenters. The van der Waals surface area contributed by atoms with Crippen LogP contribution in [0.5, 0.6) is 5.75 Å². The van der Waals surface area contributed by atoms with Crippen LogP contribution in [0.1, 0.15) is 21.5 Å². The van der Waals surface area contributed by atoms with Crippen molar-refractivity contribution in [1.29, 1.82) is 0 Å². The zero-order valence-electron chi connectivity index (χ0n) is 9.52. The number of benzene rings is 1. The summed E-state index contributed by atoms with van der Waals surface area (Å²) in [5.74, 6) is -0.165. The number of carbonyl (C=O) groups excluding carboxylic acids is 1. The normalized spacial score (nSPS) is 12.9. The Morgan fingerprint density at radius 1 is 1.33 bits per heavy atom. The van der Waals surface area contributed by atoms with Crippen LogP contribution in [0.4, 0.5) is 4.39 Å². The van der Waals surface area contributed by atoms with E-state index < -0.39 is 5.82 Å². The highest BCUT2D eigenvalue weighted by Crippen LogP contribution is 2.30. The summed E-state index contributed by atoms with van der Waals surface area (Å²) >= 11 is 0. The van der Waals surface area contributed by atoms with Gasteiger partial charge in [-0.25, -0.2) is 4.39 Å². The number of ketones is 1. The summed E-state index contributed by atoms with van der Waals surface area (Å²) in [5, 5.41) is 0. The van der Waals surface area contributed by atoms with E-state index in [1.54, 1.807) is 6.07 Å². The lowest BCUT2D eigenvalue weighted by atomic mass is 10.0. The minimum Gasteiger partial charge on any atom is -0.492 e. The summed E-state index contributed by atoms with van der Waals surface area (Å²) in [7, 11) is 0. The Balaban J connectivity index is 2.06. The molecular formula is C14H10FNO2. The van der Waals surface area contributed by atoms with Crippen LogP contribution in [0.3, 0.4) is 0 Å². The van der Waals surface area contributed by atoms with Crippen LogP contribution in [-0.4, -0.2) is 17.4 Å². The van der Waals surface area contributed by atoms with Gasteiger partial charge in [-0.05, 0) is 17.7 Å². The third-order valence-corrected chi connectivity index (χ3v) is 2.93. The van der Waals surface area contributed by atoms with Gasteiger partial charge in [0.25, 0.3) is 0 Å². The summed E-state index contributed by atoms with van der Waals surface area (Å²) in [4.78, 5) is 16.0. The van der Waals surface area contributed by atoms with Crippen molar-refractivity contribution in [2.24, 2.45) is 0 Å². The van der Waals surface area contributed by atoms with Crippen LogP contribution in [0.15, 0.2) is 36.7 Å². The number of carbonyl (C=O) groups is 1. The molecule has 2 aromatic rings. The van der Waals surface area contributed by atoms with E-state index in [0.717, 1.165) is 18.2 Å². The molecule has 0 saturated carbocycles. The number of halogens is 1. The Morgan fingerprint density at radius 3 is 3.06 bits per heavy atom. The van der Waals surface area contributed by atoms with Gasteiger partial charge in [0, 0.05) is 18.2 Å². The molecule has 3 rings (SSSR count). The molecule has 1 aliphatic heterocycles. The van der Waals surface area contributed by atoms with Crippen LogP contribution < -0.4 is 4.74 Å². The molecule has 3 nitrogen and oxygen atoms in total. The molecule has 0 amide bonds. The highest BCUT2D eigenvalue weighted by Gasteiger charge is 2.21. The third kappa shape index (κ3) is 1.76. The first-order valence-electron chi connectivity index (χ1n) is 5.65. The molecule has 1 aromatic carbocycles. The van der Waals surface area contributed by atoms with Crippen LogP contribution >= 0.6 is 0 Å². The standard InChI is InChI=1S/C14H10FNO2/c15-11-6-10(7-16-8-11)13(17)12-3-1-2-9-4-5-18-14(9)12/h1-3,6-8H,4-5H2. The second-order valence-electron chi connectivity index (χ2n) is 4.11. The lowest BCUT2D eigenvalue weighted by Crippen LogP contribution is -2.04. The SMILES string of the molecule is O=C(c1cncc(F)c1)c1cccc2c1OCC2. The number of para-hydroxylation sites is 1. The van der Waals surface area contributed by atoms with Gasteiger partial charge >= 0.3 is 0 Å². The second kappa shape index (κ2) is 4.22. The molecule has 0 fully saturated rings. The molecule has 0 atom stereocenters. The van der Waals surface area contributed by atoms with Crippen LogP contribution in [0.2, 0.25) is 0 Å². The maximum absolute atomic E-state index is 13.1. The highest BCUT2D eigenvalue weighted by molar-refractivity contribution is 6.10. The van der Waals surface area contributed by atoms with Gasteiger partial charge in [-0.15, -0.1) is 0 Å². The van der Waals surface area contributed by atoms with E-state index in [4.69, 9.17) is 4.74 Å². The summed E-state index contributed by atoms with van der Waals surface area (Å²) in [5.41, 5.74) is 1.72. The van der Waals surface area contributed by atoms with Gasteiger partial charge < -0.3 is 4.74 Å². The summed E-state index contributed by atoms with van der Waals surface area (Å²) in [6.45, 7) is 0.584. The average molecular weight is 243 g/mol. The topological polar surface area (TPSA) is 39.2 Å². The lowest BCUT2D eigenvalue weighted by Gasteiger charge is -2.06. The van der Waals surface area contributed by atoms with Crippen molar-refractivity contribution in [3.05, 3.63) is 59.2 Å². The molecule has 0 bridgehead atoms. The average Bonchev–Trinajstić information content (AvgIpc) is 2.86. The zero-order valence-corrected chi connectivity index (χ0v) is 9.52. The maximum atomic E-state index is 13.1. The first-order chi connectivity index (χ1) is 8.75. The second-order valence-corrected chi connectivity index (χ2v) is 4.11. The van der Waals surface area contributed by atoms with Gasteiger partial charge in [0.05, 0.1) is 18.4 Å². The van der Waals surface area contributed by atoms with Crippen LogP contribution in [0, 0.1) is 5.82 Å². The fourth-order valence-corrected chi connectivity index (χ4v) is 2.09. The van der Waals surface area contributed by atoms with Gasteiger partial charge in [0.2, 0.25) is 0 Å². The summed E-state index contributed by atoms with van der Waals surface area (Å²) in [6, 6.07) is 6.62. The largest absolute Gasteiger partial charge is 0.492 e. The number of pyridine rings is 1.